The number of hydrogen-bond donors (Lipinski definition) is 4. The van der Waals surface area contributed by atoms with Crippen LogP contribution in [0.2, 0.25) is 0 Å². The molecule has 0 bridgehead atoms. The summed E-state index contributed by atoms with van der Waals surface area (Å²) in [7, 11) is 0. The lowest BCUT2D eigenvalue weighted by atomic mass is 9.91. The van der Waals surface area contributed by atoms with Gasteiger partial charge >= 0.3 is 0 Å². The summed E-state index contributed by atoms with van der Waals surface area (Å²) in [6.45, 7) is 20.9. The van der Waals surface area contributed by atoms with Crippen molar-refractivity contribution in [1.82, 2.24) is 10.6 Å². The summed E-state index contributed by atoms with van der Waals surface area (Å²) in [5.41, 5.74) is 8.72. The molecule has 0 saturated heterocycles. The van der Waals surface area contributed by atoms with Crippen LogP contribution in [0.25, 0.3) is 0 Å². The van der Waals surface area contributed by atoms with Gasteiger partial charge in [0, 0.05) is 35.5 Å². The SMILES string of the molecule is CC(C)c1cccc(C(C)C)c1NC1CCCCCC1NCCCCNC1CCCCCC1Nc1c(C(C)C)cccc1C(C)C. The fourth-order valence-corrected chi connectivity index (χ4v) is 8.08. The smallest absolute Gasteiger partial charge is 0.0414 e. The molecule has 2 aliphatic rings. The van der Waals surface area contributed by atoms with Crippen LogP contribution in [0.4, 0.5) is 11.4 Å². The van der Waals surface area contributed by atoms with Crippen LogP contribution in [0.5, 0.6) is 0 Å². The molecule has 0 heterocycles. The highest BCUT2D eigenvalue weighted by Crippen LogP contribution is 2.36. The summed E-state index contributed by atoms with van der Waals surface area (Å²) in [5, 5.41) is 16.4. The summed E-state index contributed by atoms with van der Waals surface area (Å²) in [5.74, 6) is 2.10. The third-order valence-electron chi connectivity index (χ3n) is 10.9. The quantitative estimate of drug-likeness (QED) is 0.117. The van der Waals surface area contributed by atoms with Gasteiger partial charge in [0.25, 0.3) is 0 Å². The van der Waals surface area contributed by atoms with Crippen LogP contribution in [0.15, 0.2) is 36.4 Å². The maximum absolute atomic E-state index is 4.14. The summed E-state index contributed by atoms with van der Waals surface area (Å²) < 4.78 is 0. The summed E-state index contributed by atoms with van der Waals surface area (Å²) >= 11 is 0. The van der Waals surface area contributed by atoms with Gasteiger partial charge in [-0.05, 0) is 97.5 Å². The number of para-hydroxylation sites is 2. The minimum atomic E-state index is 0.500. The molecule has 4 unspecified atom stereocenters. The largest absolute Gasteiger partial charge is 0.380 e. The van der Waals surface area contributed by atoms with Crippen molar-refractivity contribution < 1.29 is 0 Å². The van der Waals surface area contributed by atoms with E-state index in [-0.39, 0.29) is 0 Å². The number of hydrogen-bond acceptors (Lipinski definition) is 4. The Kier molecular flexibility index (Phi) is 14.8. The third-order valence-corrected chi connectivity index (χ3v) is 10.9. The molecule has 2 fully saturated rings. The molecule has 0 aromatic heterocycles. The number of unbranched alkanes of at least 4 members (excludes halogenated alkanes) is 1. The molecule has 4 rings (SSSR count). The average molecular weight is 631 g/mol. The van der Waals surface area contributed by atoms with Crippen LogP contribution in [0.3, 0.4) is 0 Å². The van der Waals surface area contributed by atoms with Crippen LogP contribution in [-0.2, 0) is 0 Å². The zero-order valence-corrected chi connectivity index (χ0v) is 31.0. The van der Waals surface area contributed by atoms with Gasteiger partial charge in [-0.25, -0.2) is 0 Å². The number of benzene rings is 2. The van der Waals surface area contributed by atoms with Gasteiger partial charge in [-0.3, -0.25) is 0 Å². The Hall–Kier alpha value is -2.04. The molecule has 0 aliphatic heterocycles. The van der Waals surface area contributed by atoms with E-state index in [1.807, 2.05) is 0 Å². The molecule has 0 spiro atoms. The van der Waals surface area contributed by atoms with E-state index in [1.165, 1.54) is 111 Å². The average Bonchev–Trinajstić information content (AvgIpc) is 3.38. The molecule has 4 nitrogen and oxygen atoms in total. The summed E-state index contributed by atoms with van der Waals surface area (Å²) in [6.07, 6.45) is 15.6. The molecule has 46 heavy (non-hydrogen) atoms. The fraction of sp³-hybridized carbons (Fsp3) is 0.714. The van der Waals surface area contributed by atoms with Crippen LogP contribution in [0, 0.1) is 0 Å². The van der Waals surface area contributed by atoms with E-state index in [0.29, 0.717) is 47.8 Å². The molecule has 2 saturated carbocycles. The highest BCUT2D eigenvalue weighted by molar-refractivity contribution is 5.62. The Bertz CT molecular complexity index is 1020. The van der Waals surface area contributed by atoms with Gasteiger partial charge in [0.2, 0.25) is 0 Å². The Morgan fingerprint density at radius 2 is 0.761 bits per heavy atom. The lowest BCUT2D eigenvalue weighted by Crippen LogP contribution is -2.45. The maximum Gasteiger partial charge on any atom is 0.0414 e. The summed E-state index contributed by atoms with van der Waals surface area (Å²) in [4.78, 5) is 0. The Morgan fingerprint density at radius 1 is 0.457 bits per heavy atom. The number of anilines is 2. The second-order valence-corrected chi connectivity index (χ2v) is 15.8. The van der Waals surface area contributed by atoms with E-state index >= 15 is 0 Å². The first kappa shape index (κ1) is 36.8. The lowest BCUT2D eigenvalue weighted by molar-refractivity contribution is 0.402. The third kappa shape index (κ3) is 10.2. The lowest BCUT2D eigenvalue weighted by Gasteiger charge is -2.32. The molecule has 4 atom stereocenters. The van der Waals surface area contributed by atoms with Crippen molar-refractivity contribution in [2.45, 2.75) is 180 Å². The van der Waals surface area contributed by atoms with E-state index in [4.69, 9.17) is 0 Å². The van der Waals surface area contributed by atoms with Gasteiger partial charge in [0.15, 0.2) is 0 Å². The molecule has 0 amide bonds. The van der Waals surface area contributed by atoms with Crippen LogP contribution in [-0.4, -0.2) is 37.3 Å². The first-order valence-corrected chi connectivity index (χ1v) is 19.4. The number of rotatable bonds is 15. The molecule has 258 valence electrons. The van der Waals surface area contributed by atoms with Crippen molar-refractivity contribution in [2.75, 3.05) is 23.7 Å². The fourth-order valence-electron chi connectivity index (χ4n) is 8.08. The van der Waals surface area contributed by atoms with Crippen molar-refractivity contribution in [3.8, 4) is 0 Å². The minimum absolute atomic E-state index is 0.500. The van der Waals surface area contributed by atoms with E-state index < -0.39 is 0 Å². The maximum atomic E-state index is 4.14. The van der Waals surface area contributed by atoms with Crippen LogP contribution in [0.1, 0.15) is 178 Å². The molecule has 0 radical (unpaired) electrons. The van der Waals surface area contributed by atoms with Crippen molar-refractivity contribution in [1.29, 1.82) is 0 Å². The topological polar surface area (TPSA) is 48.1 Å². The second-order valence-electron chi connectivity index (χ2n) is 15.8. The van der Waals surface area contributed by atoms with Gasteiger partial charge in [0.1, 0.15) is 0 Å². The van der Waals surface area contributed by atoms with Gasteiger partial charge in [-0.1, -0.05) is 130 Å². The predicted molar refractivity (Wildman–Crippen MR) is 203 cm³/mol. The first-order valence-electron chi connectivity index (χ1n) is 19.4. The highest BCUT2D eigenvalue weighted by atomic mass is 15.0. The molecular formula is C42H70N4. The van der Waals surface area contributed by atoms with E-state index in [1.54, 1.807) is 0 Å². The Balaban J connectivity index is 1.32. The predicted octanol–water partition coefficient (Wildman–Crippen LogP) is 11.1. The van der Waals surface area contributed by atoms with Crippen molar-refractivity contribution in [3.05, 3.63) is 58.7 Å². The van der Waals surface area contributed by atoms with E-state index in [2.05, 4.69) is 113 Å². The van der Waals surface area contributed by atoms with Gasteiger partial charge in [0.05, 0.1) is 0 Å². The zero-order valence-electron chi connectivity index (χ0n) is 31.0. The normalized spacial score (nSPS) is 22.8. The molecular weight excluding hydrogens is 560 g/mol. The monoisotopic (exact) mass is 631 g/mol. The standard InChI is InChI=1S/C42H70N4/c1-29(2)33-19-17-20-34(30(3)4)41(33)45-39-25-13-9-11-23-37(39)43-27-15-16-28-44-38-24-12-10-14-26-40(38)46-42-35(31(5)6)21-18-22-36(42)32(7)8/h17-22,29-32,37-40,43-46H,9-16,23-28H2,1-8H3. The minimum Gasteiger partial charge on any atom is -0.380 e. The second kappa shape index (κ2) is 18.5. The molecule has 2 aromatic rings. The molecule has 4 N–H and O–H groups in total. The van der Waals surface area contributed by atoms with Crippen LogP contribution < -0.4 is 21.3 Å². The zero-order chi connectivity index (χ0) is 33.1. The Labute approximate surface area is 284 Å². The van der Waals surface area contributed by atoms with E-state index in [0.717, 1.165) is 13.1 Å². The van der Waals surface area contributed by atoms with Gasteiger partial charge in [-0.2, -0.15) is 0 Å². The van der Waals surface area contributed by atoms with Gasteiger partial charge < -0.3 is 21.3 Å². The highest BCUT2D eigenvalue weighted by Gasteiger charge is 2.27. The number of nitrogens with one attached hydrogen (secondary N) is 4. The van der Waals surface area contributed by atoms with Gasteiger partial charge in [-0.15, -0.1) is 0 Å². The molecule has 2 aliphatic carbocycles. The van der Waals surface area contributed by atoms with Crippen molar-refractivity contribution in [3.63, 3.8) is 0 Å². The molecule has 2 aromatic carbocycles. The van der Waals surface area contributed by atoms with Crippen molar-refractivity contribution in [2.24, 2.45) is 0 Å². The van der Waals surface area contributed by atoms with Crippen molar-refractivity contribution >= 4 is 11.4 Å². The van der Waals surface area contributed by atoms with Crippen LogP contribution >= 0.6 is 0 Å². The van der Waals surface area contributed by atoms with E-state index in [9.17, 15) is 0 Å². The first-order chi connectivity index (χ1) is 22.2. The molecule has 4 heteroatoms. The Morgan fingerprint density at radius 3 is 1.07 bits per heavy atom. The summed E-state index contributed by atoms with van der Waals surface area (Å²) in [6, 6.07) is 16.0.